The number of aromatic nitrogens is 2. The molecule has 2 rings (SSSR count). The minimum atomic E-state index is -0.414. The first kappa shape index (κ1) is 14.7. The van der Waals surface area contributed by atoms with Crippen molar-refractivity contribution in [3.63, 3.8) is 0 Å². The quantitative estimate of drug-likeness (QED) is 0.857. The maximum Gasteiger partial charge on any atom is 0.240 e. The van der Waals surface area contributed by atoms with Gasteiger partial charge in [0.05, 0.1) is 5.39 Å². The van der Waals surface area contributed by atoms with E-state index in [1.165, 1.54) is 0 Å². The smallest absolute Gasteiger partial charge is 0.240 e. The Morgan fingerprint density at radius 3 is 2.80 bits per heavy atom. The summed E-state index contributed by atoms with van der Waals surface area (Å²) in [5, 5.41) is 6.14. The molecule has 2 atom stereocenters. The molecule has 6 heteroatoms. The predicted molar refractivity (Wildman–Crippen MR) is 82.9 cm³/mol. The van der Waals surface area contributed by atoms with Crippen LogP contribution >= 0.6 is 11.3 Å². The second kappa shape index (κ2) is 6.17. The largest absolute Gasteiger partial charge is 0.368 e. The summed E-state index contributed by atoms with van der Waals surface area (Å²) in [6.07, 6.45) is 1.63. The van der Waals surface area contributed by atoms with Crippen LogP contribution in [0.5, 0.6) is 0 Å². The Kier molecular flexibility index (Phi) is 4.54. The molecule has 0 aromatic carbocycles. The third-order valence-electron chi connectivity index (χ3n) is 3.50. The van der Waals surface area contributed by atoms with Gasteiger partial charge in [-0.3, -0.25) is 4.79 Å². The van der Waals surface area contributed by atoms with Gasteiger partial charge in [-0.25, -0.2) is 9.97 Å². The van der Waals surface area contributed by atoms with Crippen molar-refractivity contribution in [2.75, 3.05) is 5.32 Å². The molecule has 2 aromatic rings. The third kappa shape index (κ3) is 2.90. The Bertz CT molecular complexity index is 610. The van der Waals surface area contributed by atoms with E-state index in [9.17, 15) is 4.79 Å². The molecule has 0 radical (unpaired) electrons. The summed E-state index contributed by atoms with van der Waals surface area (Å²) in [5.41, 5.74) is 5.51. The molecule has 0 aliphatic rings. The Morgan fingerprint density at radius 1 is 1.45 bits per heavy atom. The van der Waals surface area contributed by atoms with Gasteiger partial charge in [0.1, 0.15) is 22.5 Å². The Hall–Kier alpha value is -1.69. The van der Waals surface area contributed by atoms with Gasteiger partial charge < -0.3 is 11.1 Å². The van der Waals surface area contributed by atoms with E-state index in [0.29, 0.717) is 5.82 Å². The molecule has 108 valence electrons. The van der Waals surface area contributed by atoms with Crippen LogP contribution in [0.2, 0.25) is 0 Å². The SMILES string of the molecule is CCc1nc(NC(C(N)=O)C(C)CC)c2ccsc2n1. The number of primary amides is 1. The highest BCUT2D eigenvalue weighted by Gasteiger charge is 2.23. The summed E-state index contributed by atoms with van der Waals surface area (Å²) in [6.45, 7) is 6.06. The van der Waals surface area contributed by atoms with Crippen molar-refractivity contribution in [1.82, 2.24) is 9.97 Å². The summed E-state index contributed by atoms with van der Waals surface area (Å²) in [4.78, 5) is 21.6. The summed E-state index contributed by atoms with van der Waals surface area (Å²) >= 11 is 1.57. The van der Waals surface area contributed by atoms with Gasteiger partial charge in [-0.05, 0) is 17.4 Å². The highest BCUT2D eigenvalue weighted by molar-refractivity contribution is 7.16. The van der Waals surface area contributed by atoms with Crippen LogP contribution in [0.15, 0.2) is 11.4 Å². The van der Waals surface area contributed by atoms with Crippen molar-refractivity contribution in [3.8, 4) is 0 Å². The number of amides is 1. The summed E-state index contributed by atoms with van der Waals surface area (Å²) in [6, 6.07) is 1.55. The van der Waals surface area contributed by atoms with E-state index in [2.05, 4.69) is 15.3 Å². The van der Waals surface area contributed by atoms with Crippen LogP contribution in [0.1, 0.15) is 33.0 Å². The lowest BCUT2D eigenvalue weighted by Gasteiger charge is -2.22. The van der Waals surface area contributed by atoms with Gasteiger partial charge in [0.25, 0.3) is 0 Å². The average molecular weight is 292 g/mol. The number of rotatable bonds is 6. The van der Waals surface area contributed by atoms with Crippen LogP contribution in [0, 0.1) is 5.92 Å². The maximum absolute atomic E-state index is 11.7. The lowest BCUT2D eigenvalue weighted by Crippen LogP contribution is -2.40. The number of hydrogen-bond donors (Lipinski definition) is 2. The van der Waals surface area contributed by atoms with Gasteiger partial charge in [0.15, 0.2) is 0 Å². The number of thiophene rings is 1. The lowest BCUT2D eigenvalue weighted by atomic mass is 9.98. The number of hydrogen-bond acceptors (Lipinski definition) is 5. The number of nitrogens with two attached hydrogens (primary N) is 1. The highest BCUT2D eigenvalue weighted by atomic mass is 32.1. The van der Waals surface area contributed by atoms with Crippen LogP contribution in [-0.4, -0.2) is 21.9 Å². The van der Waals surface area contributed by atoms with Crippen LogP contribution in [-0.2, 0) is 11.2 Å². The van der Waals surface area contributed by atoms with Gasteiger partial charge >= 0.3 is 0 Å². The second-order valence-corrected chi connectivity index (χ2v) is 5.79. The molecular weight excluding hydrogens is 272 g/mol. The molecule has 20 heavy (non-hydrogen) atoms. The monoisotopic (exact) mass is 292 g/mol. The fraction of sp³-hybridized carbons (Fsp3) is 0.500. The van der Waals surface area contributed by atoms with Gasteiger partial charge in [-0.2, -0.15) is 0 Å². The zero-order valence-corrected chi connectivity index (χ0v) is 12.8. The number of fused-ring (bicyclic) bond motifs is 1. The first-order valence-electron chi connectivity index (χ1n) is 6.86. The van der Waals surface area contributed by atoms with Crippen LogP contribution in [0.25, 0.3) is 10.2 Å². The summed E-state index contributed by atoms with van der Waals surface area (Å²) in [5.74, 6) is 1.28. The fourth-order valence-electron chi connectivity index (χ4n) is 2.04. The molecule has 0 spiro atoms. The van der Waals surface area contributed by atoms with Gasteiger partial charge in [-0.15, -0.1) is 11.3 Å². The molecule has 5 nitrogen and oxygen atoms in total. The van der Waals surface area contributed by atoms with Crippen molar-refractivity contribution in [2.45, 2.75) is 39.7 Å². The van der Waals surface area contributed by atoms with Crippen LogP contribution in [0.4, 0.5) is 5.82 Å². The zero-order chi connectivity index (χ0) is 14.7. The second-order valence-electron chi connectivity index (χ2n) is 4.89. The minimum Gasteiger partial charge on any atom is -0.368 e. The summed E-state index contributed by atoms with van der Waals surface area (Å²) < 4.78 is 0. The van der Waals surface area contributed by atoms with Crippen LogP contribution in [0.3, 0.4) is 0 Å². The van der Waals surface area contributed by atoms with E-state index in [1.54, 1.807) is 11.3 Å². The molecule has 0 aliphatic heterocycles. The van der Waals surface area contributed by atoms with E-state index in [1.807, 2.05) is 32.2 Å². The van der Waals surface area contributed by atoms with Gasteiger partial charge in [-0.1, -0.05) is 27.2 Å². The molecule has 1 amide bonds. The molecule has 2 unspecified atom stereocenters. The standard InChI is InChI=1S/C14H20N4OS/c1-4-8(3)11(12(15)19)18-13-9-6-7-20-14(9)17-10(5-2)16-13/h6-8,11H,4-5H2,1-3H3,(H2,15,19)(H,16,17,18). The average Bonchev–Trinajstić information content (AvgIpc) is 2.91. The highest BCUT2D eigenvalue weighted by Crippen LogP contribution is 2.26. The number of nitrogens with one attached hydrogen (secondary N) is 1. The lowest BCUT2D eigenvalue weighted by molar-refractivity contribution is -0.119. The zero-order valence-electron chi connectivity index (χ0n) is 12.0. The Labute approximate surface area is 122 Å². The summed E-state index contributed by atoms with van der Waals surface area (Å²) in [7, 11) is 0. The Balaban J connectivity index is 2.40. The minimum absolute atomic E-state index is 0.154. The van der Waals surface area contributed by atoms with Crippen molar-refractivity contribution in [3.05, 3.63) is 17.3 Å². The predicted octanol–water partition coefficient (Wildman–Crippen LogP) is 2.57. The molecular formula is C14H20N4OS. The number of nitrogens with zero attached hydrogens (tertiary/aromatic N) is 2. The first-order valence-corrected chi connectivity index (χ1v) is 7.74. The number of carbonyl (C=O) groups excluding carboxylic acids is 1. The fourth-order valence-corrected chi connectivity index (χ4v) is 2.83. The maximum atomic E-state index is 11.7. The van der Waals surface area contributed by atoms with Crippen molar-refractivity contribution >= 4 is 33.3 Å². The molecule has 0 bridgehead atoms. The first-order chi connectivity index (χ1) is 9.56. The van der Waals surface area contributed by atoms with E-state index in [4.69, 9.17) is 5.73 Å². The molecule has 0 fully saturated rings. The Morgan fingerprint density at radius 2 is 2.20 bits per heavy atom. The van der Waals surface area contributed by atoms with E-state index in [-0.39, 0.29) is 11.8 Å². The molecule has 2 heterocycles. The molecule has 0 aliphatic carbocycles. The molecule has 2 aromatic heterocycles. The number of anilines is 1. The number of carbonyl (C=O) groups is 1. The van der Waals surface area contributed by atoms with Crippen molar-refractivity contribution in [1.29, 1.82) is 0 Å². The number of aryl methyl sites for hydroxylation is 1. The van der Waals surface area contributed by atoms with Crippen molar-refractivity contribution in [2.24, 2.45) is 11.7 Å². The van der Waals surface area contributed by atoms with Crippen molar-refractivity contribution < 1.29 is 4.79 Å². The van der Waals surface area contributed by atoms with E-state index < -0.39 is 6.04 Å². The topological polar surface area (TPSA) is 80.9 Å². The molecule has 0 saturated heterocycles. The van der Waals surface area contributed by atoms with Gasteiger partial charge in [0, 0.05) is 6.42 Å². The van der Waals surface area contributed by atoms with E-state index in [0.717, 1.165) is 28.9 Å². The third-order valence-corrected chi connectivity index (χ3v) is 4.31. The molecule has 3 N–H and O–H groups in total. The van der Waals surface area contributed by atoms with E-state index >= 15 is 0 Å². The van der Waals surface area contributed by atoms with Crippen LogP contribution < -0.4 is 11.1 Å². The normalized spacial score (nSPS) is 14.2. The van der Waals surface area contributed by atoms with Gasteiger partial charge in [0.2, 0.25) is 5.91 Å². The molecule has 0 saturated carbocycles.